The van der Waals surface area contributed by atoms with Crippen LogP contribution in [0.5, 0.6) is 0 Å². The third-order valence-electron chi connectivity index (χ3n) is 18.0. The summed E-state index contributed by atoms with van der Waals surface area (Å²) in [5, 5.41) is 16.5. The number of aryl methyl sites for hydroxylation is 1. The number of esters is 1. The number of nitrogen functional groups attached to an aromatic ring is 1. The molecule has 4 aromatic heterocycles. The van der Waals surface area contributed by atoms with Crippen molar-refractivity contribution in [2.24, 2.45) is 18.9 Å². The van der Waals surface area contributed by atoms with Crippen LogP contribution in [-0.2, 0) is 47.1 Å². The van der Waals surface area contributed by atoms with E-state index in [9.17, 15) is 28.8 Å². The molecule has 4 aliphatic heterocycles. The smallest absolute Gasteiger partial charge is 0.325 e. The predicted octanol–water partition coefficient (Wildman–Crippen LogP) is 7.75. The summed E-state index contributed by atoms with van der Waals surface area (Å²) in [7, 11) is 3.00. The number of carbonyl (C=O) groups excluding carboxylic acids is 6. The number of anilines is 2. The summed E-state index contributed by atoms with van der Waals surface area (Å²) in [6.45, 7) is 7.15. The lowest BCUT2D eigenvalue weighted by Crippen LogP contribution is -2.47. The molecule has 476 valence electrons. The molecule has 22 nitrogen and oxygen atoms in total. The highest BCUT2D eigenvalue weighted by atomic mass is 32.2. The second-order valence-corrected chi connectivity index (χ2v) is 25.8. The van der Waals surface area contributed by atoms with E-state index >= 15 is 8.78 Å². The summed E-state index contributed by atoms with van der Waals surface area (Å²) in [5.74, 6) is -1.07. The van der Waals surface area contributed by atoms with Gasteiger partial charge >= 0.3 is 5.97 Å². The van der Waals surface area contributed by atoms with Gasteiger partial charge in [-0.2, -0.15) is 10.2 Å². The molecular weight excluding hydrogens is 1190 g/mol. The van der Waals surface area contributed by atoms with Crippen LogP contribution >= 0.6 is 23.3 Å². The van der Waals surface area contributed by atoms with Crippen LogP contribution in [0.2, 0.25) is 0 Å². The van der Waals surface area contributed by atoms with Crippen molar-refractivity contribution in [2.45, 2.75) is 95.9 Å². The third-order valence-corrected chi connectivity index (χ3v) is 20.2. The lowest BCUT2D eigenvalue weighted by atomic mass is 9.88. The van der Waals surface area contributed by atoms with Gasteiger partial charge in [0.15, 0.2) is 5.82 Å². The first-order chi connectivity index (χ1) is 43.6. The van der Waals surface area contributed by atoms with Crippen molar-refractivity contribution in [3.8, 4) is 33.0 Å². The zero-order valence-corrected chi connectivity index (χ0v) is 52.7. The van der Waals surface area contributed by atoms with E-state index in [0.717, 1.165) is 85.7 Å². The summed E-state index contributed by atoms with van der Waals surface area (Å²) in [6, 6.07) is 15.7. The number of hydrogen-bond acceptors (Lipinski definition) is 17. The quantitative estimate of drug-likeness (QED) is 0.0304. The first-order valence-electron chi connectivity index (χ1n) is 31.2. The van der Waals surface area contributed by atoms with E-state index < -0.39 is 23.6 Å². The van der Waals surface area contributed by atoms with Gasteiger partial charge in [-0.25, -0.2) is 23.7 Å². The number of likely N-dealkylation sites (tertiary alicyclic amines) is 4. The number of carbonyl (C=O) groups is 6. The molecule has 4 fully saturated rings. The fraction of sp³-hybridized carbons (Fsp3) is 0.484. The number of amides is 5. The molecule has 7 aromatic rings. The summed E-state index contributed by atoms with van der Waals surface area (Å²) in [4.78, 5) is 101. The SMILES string of the molecule is CCCSNc1cccc(-c2nc(C3CCN(C(=O)C4CCN(CC5CCN(C(=O)CCC(=O)N6CCC(c7nn(CC(=O)NCC(=O)NCC(=O)OC)c8cccc(-c9cc%10c(cnn%10C)cc9F)c78)CC6)CC5)CC4)CC3)sc2-c2ccnc(N)n2)c1F. The number of benzene rings is 3. The highest BCUT2D eigenvalue weighted by molar-refractivity contribution is 8.00. The highest BCUT2D eigenvalue weighted by Crippen LogP contribution is 2.44. The molecule has 0 saturated carbocycles. The standard InChI is InChI=1S/C64H77F2N15O7S2/c1-4-31-89-75-48-9-5-8-45(58(48)66)60-61(49-13-22-68-64(67)72-49)90-62(73-60)41-20-29-80(30-21-41)63(87)42-16-23-77(24-17-42)37-39-14-25-78(26-15-39)54(84)11-12-55(85)79-27-18-40(19-28-79)59-57-44(46-33-51-43(32-47(46)65)34-71-76(51)2)7-6-10-50(57)81(74-59)38-53(83)69-35-52(82)70-36-56(86)88-3/h5-10,13,22,32-34,39-42,75H,4,11-12,14-21,23-31,35-38H2,1-3H3,(H,69,83)(H,70,82)(H2,67,68,72). The van der Waals surface area contributed by atoms with Crippen molar-refractivity contribution >= 4 is 92.2 Å². The average molecular weight is 1270 g/mol. The summed E-state index contributed by atoms with van der Waals surface area (Å²) < 4.78 is 43.1. The number of methoxy groups -OCH3 is 1. The van der Waals surface area contributed by atoms with Crippen LogP contribution < -0.4 is 21.1 Å². The van der Waals surface area contributed by atoms with Crippen molar-refractivity contribution in [3.63, 3.8) is 0 Å². The summed E-state index contributed by atoms with van der Waals surface area (Å²) in [6.07, 6.45) is 10.4. The third kappa shape index (κ3) is 14.5. The normalized spacial score (nSPS) is 16.7. The number of nitrogens with two attached hydrogens (primary N) is 1. The number of hydrogen-bond donors (Lipinski definition) is 4. The molecule has 3 aromatic carbocycles. The van der Waals surface area contributed by atoms with E-state index in [1.54, 1.807) is 64.0 Å². The van der Waals surface area contributed by atoms with Crippen molar-refractivity contribution in [3.05, 3.63) is 89.3 Å². The highest BCUT2D eigenvalue weighted by Gasteiger charge is 2.36. The van der Waals surface area contributed by atoms with Crippen molar-refractivity contribution < 1.29 is 42.3 Å². The Morgan fingerprint density at radius 3 is 2.14 bits per heavy atom. The molecule has 0 bridgehead atoms. The zero-order chi connectivity index (χ0) is 63.0. The molecule has 0 spiro atoms. The van der Waals surface area contributed by atoms with E-state index in [1.807, 2.05) is 28.0 Å². The molecule has 0 atom stereocenters. The Bertz CT molecular complexity index is 3770. The Labute approximate surface area is 529 Å². The molecule has 90 heavy (non-hydrogen) atoms. The van der Waals surface area contributed by atoms with Crippen LogP contribution in [-0.4, -0.2) is 174 Å². The van der Waals surface area contributed by atoms with Gasteiger partial charge in [-0.3, -0.25) is 38.1 Å². The molecule has 4 aliphatic rings. The maximum atomic E-state index is 16.1. The molecule has 0 aliphatic carbocycles. The second-order valence-electron chi connectivity index (χ2n) is 23.8. The number of thiazole rings is 1. The van der Waals surface area contributed by atoms with Gasteiger partial charge in [-0.05, 0) is 119 Å². The van der Waals surface area contributed by atoms with E-state index in [2.05, 4.69) is 47.0 Å². The lowest BCUT2D eigenvalue weighted by Gasteiger charge is -2.39. The van der Waals surface area contributed by atoms with E-state index in [0.29, 0.717) is 114 Å². The van der Waals surface area contributed by atoms with Crippen molar-refractivity contribution in [2.75, 3.05) is 95.3 Å². The summed E-state index contributed by atoms with van der Waals surface area (Å²) >= 11 is 2.97. The first kappa shape index (κ1) is 63.5. The molecule has 8 heterocycles. The molecule has 26 heteroatoms. The maximum Gasteiger partial charge on any atom is 0.325 e. The lowest BCUT2D eigenvalue weighted by molar-refractivity contribution is -0.141. The molecule has 0 radical (unpaired) electrons. The van der Waals surface area contributed by atoms with Crippen molar-refractivity contribution in [1.82, 2.24) is 64.7 Å². The van der Waals surface area contributed by atoms with Crippen LogP contribution in [0.15, 0.2) is 67.0 Å². The number of piperidine rings is 4. The van der Waals surface area contributed by atoms with Gasteiger partial charge in [0.1, 0.15) is 18.9 Å². The Balaban J connectivity index is 0.630. The van der Waals surface area contributed by atoms with Gasteiger partial charge in [0.05, 0.1) is 63.5 Å². The van der Waals surface area contributed by atoms with Gasteiger partial charge in [-0.15, -0.1) is 11.3 Å². The number of ether oxygens (including phenoxy) is 1. The largest absolute Gasteiger partial charge is 0.468 e. The topological polar surface area (TPSA) is 261 Å². The predicted molar refractivity (Wildman–Crippen MR) is 342 cm³/mol. The monoisotopic (exact) mass is 1270 g/mol. The van der Waals surface area contributed by atoms with E-state index in [4.69, 9.17) is 15.8 Å². The number of aromatic nitrogens is 7. The fourth-order valence-corrected chi connectivity index (χ4v) is 14.8. The average Bonchev–Trinajstić information content (AvgIpc) is 1.59. The number of halogens is 2. The zero-order valence-electron chi connectivity index (χ0n) is 51.1. The summed E-state index contributed by atoms with van der Waals surface area (Å²) in [5.41, 5.74) is 10.9. The van der Waals surface area contributed by atoms with E-state index in [-0.39, 0.29) is 79.7 Å². The number of fused-ring (bicyclic) bond motifs is 2. The van der Waals surface area contributed by atoms with Gasteiger partial charge in [0.25, 0.3) is 0 Å². The Morgan fingerprint density at radius 2 is 1.43 bits per heavy atom. The molecular formula is C64H77F2N15O7S2. The Hall–Kier alpha value is -8.10. The fourth-order valence-electron chi connectivity index (χ4n) is 13.0. The number of nitrogens with zero attached hydrogens (tertiary/aromatic N) is 11. The van der Waals surface area contributed by atoms with Gasteiger partial charge < -0.3 is 45.4 Å². The maximum absolute atomic E-state index is 16.1. The minimum Gasteiger partial charge on any atom is -0.468 e. The first-order valence-corrected chi connectivity index (χ1v) is 33.0. The molecule has 4 saturated heterocycles. The van der Waals surface area contributed by atoms with Crippen LogP contribution in [0.4, 0.5) is 20.4 Å². The second kappa shape index (κ2) is 28.8. The van der Waals surface area contributed by atoms with Crippen LogP contribution in [0.25, 0.3) is 54.8 Å². The van der Waals surface area contributed by atoms with Gasteiger partial charge in [0.2, 0.25) is 35.5 Å². The minimum absolute atomic E-state index is 0.0211. The van der Waals surface area contributed by atoms with Crippen LogP contribution in [0.1, 0.15) is 100 Å². The molecule has 5 amide bonds. The molecule has 11 rings (SSSR count). The van der Waals surface area contributed by atoms with Crippen molar-refractivity contribution in [1.29, 1.82) is 0 Å². The Kier molecular flexibility index (Phi) is 20.3. The Morgan fingerprint density at radius 1 is 0.756 bits per heavy atom. The van der Waals surface area contributed by atoms with Crippen LogP contribution in [0.3, 0.4) is 0 Å². The van der Waals surface area contributed by atoms with Gasteiger partial charge in [-0.1, -0.05) is 37.1 Å². The van der Waals surface area contributed by atoms with Gasteiger partial charge in [0, 0.05) is 117 Å². The molecule has 0 unspecified atom stereocenters. The minimum atomic E-state index is -0.627. The van der Waals surface area contributed by atoms with E-state index in [1.165, 1.54) is 36.5 Å². The number of nitrogens with one attached hydrogen (secondary N) is 3. The molecule has 5 N–H and O–H groups in total. The van der Waals surface area contributed by atoms with Crippen LogP contribution in [0, 0.1) is 23.5 Å². The number of rotatable bonds is 21.